The van der Waals surface area contributed by atoms with Gasteiger partial charge >= 0.3 is 5.97 Å². The normalized spacial score (nSPS) is 20.9. The Bertz CT molecular complexity index is 1150. The minimum Gasteiger partial charge on any atom is -0.459 e. The number of likely N-dealkylation sites (tertiary alicyclic amines) is 1. The van der Waals surface area contributed by atoms with E-state index in [1.54, 1.807) is 0 Å². The molecule has 0 amide bonds. The first-order valence-corrected chi connectivity index (χ1v) is 11.7. The van der Waals surface area contributed by atoms with Gasteiger partial charge in [-0.2, -0.15) is 0 Å². The van der Waals surface area contributed by atoms with Crippen LogP contribution < -0.4 is 0 Å². The second kappa shape index (κ2) is 8.00. The average molecular weight is 438 g/mol. The van der Waals surface area contributed by atoms with Gasteiger partial charge in [-0.15, -0.1) is 6.58 Å². The van der Waals surface area contributed by atoms with Crippen molar-refractivity contribution >= 4 is 5.97 Å². The summed E-state index contributed by atoms with van der Waals surface area (Å²) in [6.07, 6.45) is 2.71. The molecule has 0 unspecified atom stereocenters. The van der Waals surface area contributed by atoms with Gasteiger partial charge in [0.1, 0.15) is 11.6 Å². The van der Waals surface area contributed by atoms with Gasteiger partial charge in [-0.3, -0.25) is 9.69 Å². The summed E-state index contributed by atoms with van der Waals surface area (Å²) in [6.45, 7) is 10.6. The molecule has 1 aliphatic heterocycles. The maximum atomic E-state index is 13.6. The number of carbonyl (C=O) groups excluding carboxylic acids is 1. The molecule has 2 atom stereocenters. The monoisotopic (exact) mass is 437 g/mol. The minimum atomic E-state index is -0.548. The van der Waals surface area contributed by atoms with Crippen molar-refractivity contribution < 1.29 is 9.53 Å². The number of benzene rings is 3. The molecule has 5 rings (SSSR count). The maximum Gasteiger partial charge on any atom is 0.324 e. The lowest BCUT2D eigenvalue weighted by atomic mass is 9.72. The molecule has 2 aliphatic rings. The molecule has 3 aromatic rings. The summed E-state index contributed by atoms with van der Waals surface area (Å²) < 4.78 is 5.95. The highest BCUT2D eigenvalue weighted by Gasteiger charge is 2.59. The van der Waals surface area contributed by atoms with E-state index >= 15 is 0 Å². The van der Waals surface area contributed by atoms with E-state index < -0.39 is 11.1 Å². The Morgan fingerprint density at radius 3 is 2.06 bits per heavy atom. The van der Waals surface area contributed by atoms with Crippen LogP contribution in [0.25, 0.3) is 11.1 Å². The van der Waals surface area contributed by atoms with Crippen molar-refractivity contribution in [2.75, 3.05) is 6.54 Å². The molecule has 1 heterocycles. The molecule has 0 radical (unpaired) electrons. The van der Waals surface area contributed by atoms with Crippen LogP contribution >= 0.6 is 0 Å². The first-order valence-electron chi connectivity index (χ1n) is 11.7. The highest BCUT2D eigenvalue weighted by Crippen LogP contribution is 2.57. The summed E-state index contributed by atoms with van der Waals surface area (Å²) in [5, 5.41) is 0. The number of nitrogens with zero attached hydrogens (tertiary/aromatic N) is 1. The zero-order valence-corrected chi connectivity index (χ0v) is 19.6. The van der Waals surface area contributed by atoms with Crippen LogP contribution in [-0.2, 0) is 15.1 Å². The van der Waals surface area contributed by atoms with Crippen molar-refractivity contribution in [3.8, 4) is 11.1 Å². The van der Waals surface area contributed by atoms with E-state index in [2.05, 4.69) is 84.3 Å². The number of fused-ring (bicyclic) bond motifs is 3. The standard InChI is InChI=1S/C30H31NO2/c1-5-13-21-20-31(27(21)28(32)33-29(2,3)4)30(22-14-7-6-8-15-22)25-18-11-9-16-23(25)24-17-10-12-19-26(24)30/h5-12,14-19,21,27H,1,13,20H2,2-4H3/t21-,27-/m0/s1. The highest BCUT2D eigenvalue weighted by atomic mass is 16.6. The van der Waals surface area contributed by atoms with E-state index in [0.29, 0.717) is 0 Å². The van der Waals surface area contributed by atoms with Gasteiger partial charge in [-0.05, 0) is 55.0 Å². The molecule has 3 nitrogen and oxygen atoms in total. The summed E-state index contributed by atoms with van der Waals surface area (Å²) in [6, 6.07) is 27.5. The Labute approximate surface area is 196 Å². The molecule has 1 fully saturated rings. The molecular weight excluding hydrogens is 406 g/mol. The summed E-state index contributed by atoms with van der Waals surface area (Å²) in [5.74, 6) is 0.0237. The molecule has 1 aliphatic carbocycles. The molecule has 3 heteroatoms. The van der Waals surface area contributed by atoms with Crippen LogP contribution in [0.1, 0.15) is 43.9 Å². The zero-order chi connectivity index (χ0) is 23.2. The maximum absolute atomic E-state index is 13.6. The van der Waals surface area contributed by atoms with Gasteiger partial charge in [0, 0.05) is 12.5 Å². The smallest absolute Gasteiger partial charge is 0.324 e. The van der Waals surface area contributed by atoms with Crippen LogP contribution in [0.15, 0.2) is 91.5 Å². The van der Waals surface area contributed by atoms with E-state index in [0.717, 1.165) is 13.0 Å². The van der Waals surface area contributed by atoms with E-state index in [-0.39, 0.29) is 17.9 Å². The Balaban J connectivity index is 1.74. The predicted octanol–water partition coefficient (Wildman–Crippen LogP) is 6.18. The lowest BCUT2D eigenvalue weighted by molar-refractivity contribution is -0.176. The number of ether oxygens (including phenoxy) is 1. The van der Waals surface area contributed by atoms with Crippen LogP contribution in [-0.4, -0.2) is 29.1 Å². The fourth-order valence-corrected chi connectivity index (χ4v) is 5.71. The third kappa shape index (κ3) is 3.34. The lowest BCUT2D eigenvalue weighted by Gasteiger charge is -2.56. The molecule has 0 aromatic heterocycles. The Hall–Kier alpha value is -3.17. The van der Waals surface area contributed by atoms with Crippen molar-refractivity contribution in [2.45, 2.75) is 44.4 Å². The molecule has 168 valence electrons. The fourth-order valence-electron chi connectivity index (χ4n) is 5.71. The van der Waals surface area contributed by atoms with Crippen molar-refractivity contribution in [1.82, 2.24) is 4.90 Å². The fraction of sp³-hybridized carbons (Fsp3) is 0.300. The van der Waals surface area contributed by atoms with Gasteiger partial charge in [0.25, 0.3) is 0 Å². The zero-order valence-electron chi connectivity index (χ0n) is 19.6. The number of hydrogen-bond acceptors (Lipinski definition) is 3. The topological polar surface area (TPSA) is 29.5 Å². The van der Waals surface area contributed by atoms with Crippen molar-refractivity contribution in [1.29, 1.82) is 0 Å². The molecular formula is C30H31NO2. The Kier molecular flexibility index (Phi) is 5.25. The van der Waals surface area contributed by atoms with E-state index in [1.807, 2.05) is 32.9 Å². The van der Waals surface area contributed by atoms with Crippen molar-refractivity contribution in [2.24, 2.45) is 5.92 Å². The third-order valence-corrected chi connectivity index (χ3v) is 6.88. The third-order valence-electron chi connectivity index (χ3n) is 6.88. The number of esters is 1. The van der Waals surface area contributed by atoms with Gasteiger partial charge in [0.05, 0.1) is 5.54 Å². The Morgan fingerprint density at radius 1 is 0.970 bits per heavy atom. The molecule has 1 saturated heterocycles. The second-order valence-electron chi connectivity index (χ2n) is 10.1. The van der Waals surface area contributed by atoms with Crippen LogP contribution in [0.3, 0.4) is 0 Å². The number of hydrogen-bond donors (Lipinski definition) is 0. The van der Waals surface area contributed by atoms with Gasteiger partial charge < -0.3 is 4.74 Å². The first kappa shape index (κ1) is 21.7. The number of rotatable bonds is 5. The van der Waals surface area contributed by atoms with Crippen molar-refractivity contribution in [3.63, 3.8) is 0 Å². The van der Waals surface area contributed by atoms with Crippen LogP contribution in [0.4, 0.5) is 0 Å². The second-order valence-corrected chi connectivity index (χ2v) is 10.1. The molecule has 0 N–H and O–H groups in total. The molecule has 33 heavy (non-hydrogen) atoms. The molecule has 0 saturated carbocycles. The number of allylic oxidation sites excluding steroid dienone is 1. The molecule has 0 bridgehead atoms. The average Bonchev–Trinajstić information content (AvgIpc) is 3.07. The number of carbonyl (C=O) groups is 1. The van der Waals surface area contributed by atoms with Crippen molar-refractivity contribution in [3.05, 3.63) is 108 Å². The summed E-state index contributed by atoms with van der Waals surface area (Å²) >= 11 is 0. The largest absolute Gasteiger partial charge is 0.459 e. The minimum absolute atomic E-state index is 0.155. The Morgan fingerprint density at radius 2 is 1.52 bits per heavy atom. The lowest BCUT2D eigenvalue weighted by Crippen LogP contribution is -2.68. The predicted molar refractivity (Wildman–Crippen MR) is 133 cm³/mol. The van der Waals surface area contributed by atoms with Crippen LogP contribution in [0.2, 0.25) is 0 Å². The van der Waals surface area contributed by atoms with E-state index in [4.69, 9.17) is 4.74 Å². The highest BCUT2D eigenvalue weighted by molar-refractivity contribution is 5.85. The van der Waals surface area contributed by atoms with Crippen LogP contribution in [0.5, 0.6) is 0 Å². The van der Waals surface area contributed by atoms with Gasteiger partial charge in [-0.25, -0.2) is 0 Å². The quantitative estimate of drug-likeness (QED) is 0.353. The van der Waals surface area contributed by atoms with E-state index in [1.165, 1.54) is 27.8 Å². The molecule has 3 aromatic carbocycles. The first-order chi connectivity index (χ1) is 15.9. The SMILES string of the molecule is C=CC[C@H]1CN(C2(c3ccccc3)c3ccccc3-c3ccccc32)[C@@H]1C(=O)OC(C)(C)C. The summed E-state index contributed by atoms with van der Waals surface area (Å²) in [4.78, 5) is 16.0. The van der Waals surface area contributed by atoms with Crippen LogP contribution in [0, 0.1) is 5.92 Å². The van der Waals surface area contributed by atoms with E-state index in [9.17, 15) is 4.79 Å². The van der Waals surface area contributed by atoms with Gasteiger partial charge in [-0.1, -0.05) is 84.9 Å². The summed E-state index contributed by atoms with van der Waals surface area (Å²) in [5.41, 5.74) is 4.99. The summed E-state index contributed by atoms with van der Waals surface area (Å²) in [7, 11) is 0. The van der Waals surface area contributed by atoms with Gasteiger partial charge in [0.15, 0.2) is 0 Å². The van der Waals surface area contributed by atoms with Gasteiger partial charge in [0.2, 0.25) is 0 Å². The molecule has 0 spiro atoms.